The third-order valence-corrected chi connectivity index (χ3v) is 4.62. The van der Waals surface area contributed by atoms with Crippen molar-refractivity contribution in [2.75, 3.05) is 39.7 Å². The van der Waals surface area contributed by atoms with Crippen molar-refractivity contribution in [3.63, 3.8) is 0 Å². The van der Waals surface area contributed by atoms with Gasteiger partial charge in [0.1, 0.15) is 6.54 Å². The number of methoxy groups -OCH3 is 1. The average Bonchev–Trinajstić information content (AvgIpc) is 3.05. The molecule has 9 nitrogen and oxygen atoms in total. The number of amides is 1. The van der Waals surface area contributed by atoms with Crippen LogP contribution in [0.5, 0.6) is 0 Å². The molecule has 2 heterocycles. The summed E-state index contributed by atoms with van der Waals surface area (Å²) >= 11 is 1.43. The third kappa shape index (κ3) is 5.16. The van der Waals surface area contributed by atoms with Gasteiger partial charge in [-0.3, -0.25) is 9.59 Å². The molecule has 0 atom stereocenters. The molecule has 27 heavy (non-hydrogen) atoms. The van der Waals surface area contributed by atoms with Crippen molar-refractivity contribution in [3.8, 4) is 0 Å². The number of esters is 1. The Morgan fingerprint density at radius 2 is 2.00 bits per heavy atom. The van der Waals surface area contributed by atoms with Gasteiger partial charge in [-0.1, -0.05) is 11.8 Å². The fourth-order valence-corrected chi connectivity index (χ4v) is 2.99. The molecule has 0 aromatic carbocycles. The summed E-state index contributed by atoms with van der Waals surface area (Å²) in [6, 6.07) is 0. The Hall–Kier alpha value is -2.20. The van der Waals surface area contributed by atoms with Crippen LogP contribution < -0.4 is 0 Å². The molecule has 2 aromatic heterocycles. The molecule has 0 spiro atoms. The number of fused-ring (bicyclic) bond motifs is 1. The number of nitrogens with zero attached hydrogens (tertiary/aromatic N) is 5. The predicted molar refractivity (Wildman–Crippen MR) is 101 cm³/mol. The lowest BCUT2D eigenvalue weighted by Gasteiger charge is -2.22. The molecule has 0 aliphatic rings. The molecule has 0 fully saturated rings. The highest BCUT2D eigenvalue weighted by molar-refractivity contribution is 7.98. The smallest absolute Gasteiger partial charge is 0.325 e. The van der Waals surface area contributed by atoms with Gasteiger partial charge in [-0.05, 0) is 27.0 Å². The van der Waals surface area contributed by atoms with Crippen LogP contribution in [0.3, 0.4) is 0 Å². The second-order valence-electron chi connectivity index (χ2n) is 5.86. The first kappa shape index (κ1) is 21.1. The third-order valence-electron chi connectivity index (χ3n) is 4.08. The first-order chi connectivity index (χ1) is 12.9. The molecule has 10 heteroatoms. The van der Waals surface area contributed by atoms with Crippen LogP contribution in [-0.4, -0.2) is 76.0 Å². The van der Waals surface area contributed by atoms with Gasteiger partial charge >= 0.3 is 5.97 Å². The zero-order valence-corrected chi connectivity index (χ0v) is 17.1. The monoisotopic (exact) mass is 395 g/mol. The standard InChI is InChI=1S/C17H25N5O4S/c1-6-26-15(24)10-21(7-8-25-4)14(23)9-13-11(2)18-16-19-17(27-5)20-22(16)12(13)3/h6-10H2,1-5H3. The molecule has 0 unspecified atom stereocenters. The number of hydrogen-bond donors (Lipinski definition) is 0. The number of carbonyl (C=O) groups excluding carboxylic acids is 2. The molecule has 2 rings (SSSR count). The molecule has 0 radical (unpaired) electrons. The summed E-state index contributed by atoms with van der Waals surface area (Å²) in [6.07, 6.45) is 2.00. The number of aromatic nitrogens is 4. The lowest BCUT2D eigenvalue weighted by molar-refractivity contribution is -0.149. The lowest BCUT2D eigenvalue weighted by Crippen LogP contribution is -2.39. The van der Waals surface area contributed by atoms with Crippen molar-refractivity contribution in [1.29, 1.82) is 0 Å². The maximum Gasteiger partial charge on any atom is 0.325 e. The Labute approximate surface area is 162 Å². The fraction of sp³-hybridized carbons (Fsp3) is 0.588. The molecule has 148 valence electrons. The SMILES string of the molecule is CCOC(=O)CN(CCOC)C(=O)Cc1c(C)nc2nc(SC)nn2c1C. The summed E-state index contributed by atoms with van der Waals surface area (Å²) in [5.74, 6) is -0.129. The minimum atomic E-state index is -0.440. The fourth-order valence-electron chi connectivity index (χ4n) is 2.65. The van der Waals surface area contributed by atoms with Crippen LogP contribution in [0.2, 0.25) is 0 Å². The van der Waals surface area contributed by atoms with Crippen LogP contribution >= 0.6 is 11.8 Å². The van der Waals surface area contributed by atoms with E-state index in [1.165, 1.54) is 16.7 Å². The van der Waals surface area contributed by atoms with Crippen LogP contribution in [0, 0.1) is 13.8 Å². The lowest BCUT2D eigenvalue weighted by atomic mass is 10.1. The first-order valence-electron chi connectivity index (χ1n) is 8.60. The van der Waals surface area contributed by atoms with E-state index in [4.69, 9.17) is 9.47 Å². The molecule has 1 amide bonds. The highest BCUT2D eigenvalue weighted by atomic mass is 32.2. The van der Waals surface area contributed by atoms with E-state index in [9.17, 15) is 9.59 Å². The van der Waals surface area contributed by atoms with E-state index in [1.54, 1.807) is 18.5 Å². The number of thioether (sulfide) groups is 1. The van der Waals surface area contributed by atoms with Crippen molar-refractivity contribution in [2.24, 2.45) is 0 Å². The second-order valence-corrected chi connectivity index (χ2v) is 6.63. The normalized spacial score (nSPS) is 11.0. The molecule has 0 aliphatic heterocycles. The Balaban J connectivity index is 2.26. The van der Waals surface area contributed by atoms with Gasteiger partial charge in [0.05, 0.1) is 19.6 Å². The van der Waals surface area contributed by atoms with Crippen LogP contribution in [0.1, 0.15) is 23.9 Å². The average molecular weight is 395 g/mol. The Kier molecular flexibility index (Phi) is 7.55. The zero-order valence-electron chi connectivity index (χ0n) is 16.3. The summed E-state index contributed by atoms with van der Waals surface area (Å²) in [7, 11) is 1.55. The Morgan fingerprint density at radius 1 is 1.26 bits per heavy atom. The molecular formula is C17H25N5O4S. The van der Waals surface area contributed by atoms with Crippen LogP contribution in [0.4, 0.5) is 0 Å². The molecule has 0 saturated carbocycles. The quantitative estimate of drug-likeness (QED) is 0.459. The zero-order chi connectivity index (χ0) is 20.0. The van der Waals surface area contributed by atoms with E-state index < -0.39 is 5.97 Å². The van der Waals surface area contributed by atoms with Crippen LogP contribution in [0.15, 0.2) is 5.16 Å². The highest BCUT2D eigenvalue weighted by Gasteiger charge is 2.21. The van der Waals surface area contributed by atoms with Gasteiger partial charge in [-0.25, -0.2) is 9.50 Å². The van der Waals surface area contributed by atoms with Gasteiger partial charge in [0.2, 0.25) is 11.1 Å². The van der Waals surface area contributed by atoms with E-state index in [0.717, 1.165) is 17.0 Å². The van der Waals surface area contributed by atoms with E-state index in [0.29, 0.717) is 24.1 Å². The van der Waals surface area contributed by atoms with Crippen molar-refractivity contribution in [2.45, 2.75) is 32.3 Å². The summed E-state index contributed by atoms with van der Waals surface area (Å²) in [6.45, 7) is 6.26. The van der Waals surface area contributed by atoms with E-state index in [1.807, 2.05) is 20.1 Å². The van der Waals surface area contributed by atoms with Gasteiger partial charge < -0.3 is 14.4 Å². The molecule has 0 N–H and O–H groups in total. The van der Waals surface area contributed by atoms with E-state index >= 15 is 0 Å². The van der Waals surface area contributed by atoms with Crippen LogP contribution in [-0.2, 0) is 25.5 Å². The second kappa shape index (κ2) is 9.65. The van der Waals surface area contributed by atoms with E-state index in [2.05, 4.69) is 15.1 Å². The van der Waals surface area contributed by atoms with Gasteiger partial charge in [-0.2, -0.15) is 4.98 Å². The largest absolute Gasteiger partial charge is 0.465 e. The summed E-state index contributed by atoms with van der Waals surface area (Å²) < 4.78 is 11.7. The maximum atomic E-state index is 12.8. The van der Waals surface area contributed by atoms with Crippen molar-refractivity contribution < 1.29 is 19.1 Å². The molecule has 2 aromatic rings. The number of aryl methyl sites for hydroxylation is 2. The van der Waals surface area contributed by atoms with Gasteiger partial charge in [0.25, 0.3) is 5.78 Å². The molecular weight excluding hydrogens is 370 g/mol. The molecule has 0 saturated heterocycles. The van der Waals surface area contributed by atoms with Crippen LogP contribution in [0.25, 0.3) is 5.78 Å². The first-order valence-corrected chi connectivity index (χ1v) is 9.82. The number of ether oxygens (including phenoxy) is 2. The minimum absolute atomic E-state index is 0.107. The molecule has 0 aliphatic carbocycles. The summed E-state index contributed by atoms with van der Waals surface area (Å²) in [5.41, 5.74) is 2.30. The minimum Gasteiger partial charge on any atom is -0.465 e. The number of rotatable bonds is 9. The highest BCUT2D eigenvalue weighted by Crippen LogP contribution is 2.18. The van der Waals surface area contributed by atoms with Crippen molar-refractivity contribution in [3.05, 3.63) is 17.0 Å². The van der Waals surface area contributed by atoms with Gasteiger partial charge in [0.15, 0.2) is 0 Å². The van der Waals surface area contributed by atoms with Crippen molar-refractivity contribution in [1.82, 2.24) is 24.5 Å². The summed E-state index contributed by atoms with van der Waals surface area (Å²) in [4.78, 5) is 34.9. The maximum absolute atomic E-state index is 12.8. The molecule has 0 bridgehead atoms. The van der Waals surface area contributed by atoms with Gasteiger partial charge in [0, 0.05) is 30.6 Å². The predicted octanol–water partition coefficient (Wildman–Crippen LogP) is 1.04. The van der Waals surface area contributed by atoms with Crippen molar-refractivity contribution >= 4 is 29.4 Å². The topological polar surface area (TPSA) is 98.9 Å². The van der Waals surface area contributed by atoms with E-state index in [-0.39, 0.29) is 25.5 Å². The Morgan fingerprint density at radius 3 is 2.63 bits per heavy atom. The Bertz CT molecular complexity index is 823. The van der Waals surface area contributed by atoms with Gasteiger partial charge in [-0.15, -0.1) is 5.10 Å². The number of carbonyl (C=O) groups is 2. The number of hydrogen-bond acceptors (Lipinski definition) is 8. The summed E-state index contributed by atoms with van der Waals surface area (Å²) in [5, 5.41) is 5.02.